The number of halogens is 1. The SMILES string of the molecule is COC(=O)c1cc(C)ccc1S(=O)(=O)N(C)C(C)CN.Cl. The molecule has 21 heavy (non-hydrogen) atoms. The summed E-state index contributed by atoms with van der Waals surface area (Å²) in [6.45, 7) is 3.66. The lowest BCUT2D eigenvalue weighted by molar-refractivity contribution is 0.0596. The Morgan fingerprint density at radius 2 is 2.00 bits per heavy atom. The van der Waals surface area contributed by atoms with Gasteiger partial charge in [0, 0.05) is 19.6 Å². The van der Waals surface area contributed by atoms with E-state index in [0.29, 0.717) is 0 Å². The fourth-order valence-electron chi connectivity index (χ4n) is 1.68. The molecule has 0 aliphatic carbocycles. The molecule has 1 aromatic rings. The zero-order valence-electron chi connectivity index (χ0n) is 12.5. The normalized spacial score (nSPS) is 12.7. The molecule has 2 N–H and O–H groups in total. The van der Waals surface area contributed by atoms with Crippen molar-refractivity contribution in [3.63, 3.8) is 0 Å². The highest BCUT2D eigenvalue weighted by Gasteiger charge is 2.29. The van der Waals surface area contributed by atoms with Crippen LogP contribution in [0.4, 0.5) is 0 Å². The molecule has 120 valence electrons. The predicted octanol–water partition coefficient (Wildman–Crippen LogP) is 1.17. The van der Waals surface area contributed by atoms with Crippen LogP contribution < -0.4 is 5.73 Å². The summed E-state index contributed by atoms with van der Waals surface area (Å²) >= 11 is 0. The van der Waals surface area contributed by atoms with E-state index in [-0.39, 0.29) is 35.5 Å². The highest BCUT2D eigenvalue weighted by molar-refractivity contribution is 7.89. The van der Waals surface area contributed by atoms with Crippen LogP contribution in [0.25, 0.3) is 0 Å². The molecule has 0 bridgehead atoms. The average molecular weight is 337 g/mol. The third-order valence-electron chi connectivity index (χ3n) is 3.16. The van der Waals surface area contributed by atoms with Crippen LogP contribution in [-0.2, 0) is 14.8 Å². The smallest absolute Gasteiger partial charge is 0.339 e. The van der Waals surface area contributed by atoms with Crippen molar-refractivity contribution in [3.8, 4) is 0 Å². The molecule has 1 rings (SSSR count). The fraction of sp³-hybridized carbons (Fsp3) is 0.462. The number of ether oxygens (including phenoxy) is 1. The Hall–Kier alpha value is -1.15. The Bertz CT molecular complexity index is 604. The quantitative estimate of drug-likeness (QED) is 0.815. The topological polar surface area (TPSA) is 89.7 Å². The standard InChI is InChI=1S/C13H20N2O4S.ClH/c1-9-5-6-12(11(7-9)13(16)19-4)20(17,18)15(3)10(2)8-14;/h5-7,10H,8,14H2,1-4H3;1H. The van der Waals surface area contributed by atoms with Crippen molar-refractivity contribution in [1.82, 2.24) is 4.31 Å². The number of hydrogen-bond donors (Lipinski definition) is 1. The largest absolute Gasteiger partial charge is 0.465 e. The van der Waals surface area contributed by atoms with E-state index in [1.165, 1.54) is 26.3 Å². The van der Waals surface area contributed by atoms with Crippen molar-refractivity contribution in [3.05, 3.63) is 29.3 Å². The number of hydrogen-bond acceptors (Lipinski definition) is 5. The molecule has 6 nitrogen and oxygen atoms in total. The molecule has 0 heterocycles. The van der Waals surface area contributed by atoms with Crippen LogP contribution in [0.15, 0.2) is 23.1 Å². The molecule has 0 fully saturated rings. The number of esters is 1. The van der Waals surface area contributed by atoms with Crippen LogP contribution in [0.3, 0.4) is 0 Å². The van der Waals surface area contributed by atoms with Crippen molar-refractivity contribution in [1.29, 1.82) is 0 Å². The summed E-state index contributed by atoms with van der Waals surface area (Å²) in [6, 6.07) is 4.18. The van der Waals surface area contributed by atoms with Gasteiger partial charge in [0.2, 0.25) is 10.0 Å². The summed E-state index contributed by atoms with van der Waals surface area (Å²) in [5, 5.41) is 0. The average Bonchev–Trinajstić information content (AvgIpc) is 2.44. The molecule has 0 aromatic heterocycles. The number of likely N-dealkylation sites (N-methyl/N-ethyl adjacent to an activating group) is 1. The molecular weight excluding hydrogens is 316 g/mol. The van der Waals surface area contributed by atoms with Crippen LogP contribution in [0.2, 0.25) is 0 Å². The summed E-state index contributed by atoms with van der Waals surface area (Å²) in [5.41, 5.74) is 6.31. The molecule has 0 aliphatic rings. The molecule has 0 amide bonds. The van der Waals surface area contributed by atoms with Crippen LogP contribution in [0.1, 0.15) is 22.8 Å². The van der Waals surface area contributed by atoms with Gasteiger partial charge in [-0.3, -0.25) is 0 Å². The molecule has 0 radical (unpaired) electrons. The lowest BCUT2D eigenvalue weighted by atomic mass is 10.1. The molecule has 0 spiro atoms. The Balaban J connectivity index is 0.00000400. The minimum absolute atomic E-state index is 0. The second-order valence-corrected chi connectivity index (χ2v) is 6.56. The highest BCUT2D eigenvalue weighted by atomic mass is 35.5. The molecule has 8 heteroatoms. The molecule has 0 aliphatic heterocycles. The van der Waals surface area contributed by atoms with Gasteiger partial charge in [0.15, 0.2) is 0 Å². The number of aryl methyl sites for hydroxylation is 1. The number of sulfonamides is 1. The van der Waals surface area contributed by atoms with Crippen molar-refractivity contribution < 1.29 is 17.9 Å². The third kappa shape index (κ3) is 4.16. The van der Waals surface area contributed by atoms with Gasteiger partial charge in [-0.2, -0.15) is 4.31 Å². The molecular formula is C13H21ClN2O4S. The first-order valence-corrected chi connectivity index (χ1v) is 7.56. The number of nitrogens with two attached hydrogens (primary N) is 1. The summed E-state index contributed by atoms with van der Waals surface area (Å²) in [6.07, 6.45) is 0. The Kier molecular flexibility index (Phi) is 7.32. The van der Waals surface area contributed by atoms with E-state index in [1.54, 1.807) is 19.9 Å². The predicted molar refractivity (Wildman–Crippen MR) is 83.2 cm³/mol. The maximum atomic E-state index is 12.5. The summed E-state index contributed by atoms with van der Waals surface area (Å²) in [5.74, 6) is -0.680. The van der Waals surface area contributed by atoms with E-state index in [1.807, 2.05) is 0 Å². The molecule has 1 atom stereocenters. The number of benzene rings is 1. The van der Waals surface area contributed by atoms with Crippen molar-refractivity contribution in [2.75, 3.05) is 20.7 Å². The van der Waals surface area contributed by atoms with Crippen molar-refractivity contribution in [2.24, 2.45) is 5.73 Å². The van der Waals surface area contributed by atoms with Crippen molar-refractivity contribution >= 4 is 28.4 Å². The minimum atomic E-state index is -3.80. The van der Waals surface area contributed by atoms with Gasteiger partial charge >= 0.3 is 5.97 Å². The highest BCUT2D eigenvalue weighted by Crippen LogP contribution is 2.22. The molecule has 1 unspecified atom stereocenters. The second-order valence-electron chi connectivity index (χ2n) is 4.60. The first-order chi connectivity index (χ1) is 9.25. The summed E-state index contributed by atoms with van der Waals surface area (Å²) in [7, 11) is -1.15. The number of rotatable bonds is 5. The maximum Gasteiger partial charge on any atom is 0.339 e. The molecule has 0 saturated heterocycles. The third-order valence-corrected chi connectivity index (χ3v) is 5.19. The first-order valence-electron chi connectivity index (χ1n) is 6.12. The Labute approximate surface area is 131 Å². The zero-order valence-corrected chi connectivity index (χ0v) is 14.1. The van der Waals surface area contributed by atoms with E-state index in [2.05, 4.69) is 4.74 Å². The van der Waals surface area contributed by atoms with Gasteiger partial charge in [0.1, 0.15) is 0 Å². The second kappa shape index (κ2) is 7.74. The van der Waals surface area contributed by atoms with Gasteiger partial charge in [-0.05, 0) is 26.0 Å². The monoisotopic (exact) mass is 336 g/mol. The Morgan fingerprint density at radius 1 is 1.43 bits per heavy atom. The lowest BCUT2D eigenvalue weighted by Gasteiger charge is -2.24. The van der Waals surface area contributed by atoms with Crippen LogP contribution in [0.5, 0.6) is 0 Å². The van der Waals surface area contributed by atoms with E-state index >= 15 is 0 Å². The van der Waals surface area contributed by atoms with Crippen LogP contribution in [0, 0.1) is 6.92 Å². The van der Waals surface area contributed by atoms with Gasteiger partial charge in [-0.15, -0.1) is 12.4 Å². The molecule has 0 saturated carbocycles. The van der Waals surface area contributed by atoms with Crippen molar-refractivity contribution in [2.45, 2.75) is 24.8 Å². The number of carbonyl (C=O) groups is 1. The minimum Gasteiger partial charge on any atom is -0.465 e. The first kappa shape index (κ1) is 19.9. The number of nitrogens with zero attached hydrogens (tertiary/aromatic N) is 1. The Morgan fingerprint density at radius 3 is 2.48 bits per heavy atom. The van der Waals surface area contributed by atoms with Gasteiger partial charge in [-0.25, -0.2) is 13.2 Å². The number of methoxy groups -OCH3 is 1. The maximum absolute atomic E-state index is 12.5. The van der Waals surface area contributed by atoms with Crippen LogP contribution >= 0.6 is 12.4 Å². The zero-order chi connectivity index (χ0) is 15.5. The van der Waals surface area contributed by atoms with Gasteiger partial charge in [0.25, 0.3) is 0 Å². The van der Waals surface area contributed by atoms with E-state index in [4.69, 9.17) is 5.73 Å². The van der Waals surface area contributed by atoms with Gasteiger partial charge in [0.05, 0.1) is 17.6 Å². The van der Waals surface area contributed by atoms with E-state index in [9.17, 15) is 13.2 Å². The van der Waals surface area contributed by atoms with E-state index in [0.717, 1.165) is 9.87 Å². The van der Waals surface area contributed by atoms with Crippen LogP contribution in [-0.4, -0.2) is 45.4 Å². The van der Waals surface area contributed by atoms with Gasteiger partial charge in [-0.1, -0.05) is 11.6 Å². The molecule has 1 aromatic carbocycles. The number of carbonyl (C=O) groups excluding carboxylic acids is 1. The van der Waals surface area contributed by atoms with E-state index < -0.39 is 16.0 Å². The summed E-state index contributed by atoms with van der Waals surface area (Å²) in [4.78, 5) is 11.7. The fourth-order valence-corrected chi connectivity index (χ4v) is 3.21. The van der Waals surface area contributed by atoms with Gasteiger partial charge < -0.3 is 10.5 Å². The lowest BCUT2D eigenvalue weighted by Crippen LogP contribution is -2.40. The summed E-state index contributed by atoms with van der Waals surface area (Å²) < 4.78 is 30.9.